The molecule has 19 heavy (non-hydrogen) atoms. The lowest BCUT2D eigenvalue weighted by molar-refractivity contribution is 0.413. The average Bonchev–Trinajstić information content (AvgIpc) is 2.45. The summed E-state index contributed by atoms with van der Waals surface area (Å²) in [5.74, 6) is 1.74. The van der Waals surface area contributed by atoms with Gasteiger partial charge in [-0.2, -0.15) is 0 Å². The second kappa shape index (κ2) is 6.64. The first-order valence-electron chi connectivity index (χ1n) is 6.28. The van der Waals surface area contributed by atoms with Gasteiger partial charge in [0.2, 0.25) is 0 Å². The quantitative estimate of drug-likeness (QED) is 0.842. The van der Waals surface area contributed by atoms with Crippen molar-refractivity contribution in [3.05, 3.63) is 59.7 Å². The number of ether oxygens (including phenoxy) is 1. The van der Waals surface area contributed by atoms with Crippen molar-refractivity contribution < 1.29 is 4.74 Å². The van der Waals surface area contributed by atoms with Gasteiger partial charge in [0.05, 0.1) is 7.11 Å². The van der Waals surface area contributed by atoms with E-state index < -0.39 is 0 Å². The minimum absolute atomic E-state index is 0.0531. The second-order valence-electron chi connectivity index (χ2n) is 4.45. The van der Waals surface area contributed by atoms with Crippen LogP contribution in [0, 0.1) is 6.92 Å². The van der Waals surface area contributed by atoms with Crippen LogP contribution in [0.1, 0.15) is 17.2 Å². The van der Waals surface area contributed by atoms with Gasteiger partial charge >= 0.3 is 0 Å². The molecule has 2 aromatic rings. The maximum absolute atomic E-state index is 6.26. The molecule has 2 N–H and O–H groups in total. The van der Waals surface area contributed by atoms with E-state index in [-0.39, 0.29) is 6.04 Å². The van der Waals surface area contributed by atoms with Gasteiger partial charge in [-0.05, 0) is 36.2 Å². The topological polar surface area (TPSA) is 35.2 Å². The third-order valence-corrected chi connectivity index (χ3v) is 4.17. The lowest BCUT2D eigenvalue weighted by Crippen LogP contribution is -2.14. The molecule has 1 atom stereocenters. The Bertz CT molecular complexity index is 542. The van der Waals surface area contributed by atoms with E-state index in [0.29, 0.717) is 0 Å². The molecule has 0 amide bonds. The number of methoxy groups -OCH3 is 1. The Labute approximate surface area is 119 Å². The van der Waals surface area contributed by atoms with Gasteiger partial charge < -0.3 is 10.5 Å². The SMILES string of the molecule is COc1cccc(SCC(N)c2ccccc2C)c1. The van der Waals surface area contributed by atoms with Gasteiger partial charge in [-0.15, -0.1) is 11.8 Å². The van der Waals surface area contributed by atoms with E-state index in [4.69, 9.17) is 10.5 Å². The van der Waals surface area contributed by atoms with Crippen molar-refractivity contribution in [3.8, 4) is 5.75 Å². The molecule has 0 spiro atoms. The number of hydrogen-bond donors (Lipinski definition) is 1. The van der Waals surface area contributed by atoms with Crippen LogP contribution in [0.4, 0.5) is 0 Å². The Morgan fingerprint density at radius 2 is 1.95 bits per heavy atom. The zero-order valence-corrected chi connectivity index (χ0v) is 12.1. The fourth-order valence-corrected chi connectivity index (χ4v) is 2.90. The summed E-state index contributed by atoms with van der Waals surface area (Å²) in [4.78, 5) is 1.18. The molecule has 3 heteroatoms. The van der Waals surface area contributed by atoms with Gasteiger partial charge in [-0.1, -0.05) is 30.3 Å². The monoisotopic (exact) mass is 273 g/mol. The molecule has 0 fully saturated rings. The maximum atomic E-state index is 6.26. The summed E-state index contributed by atoms with van der Waals surface area (Å²) in [7, 11) is 1.68. The third kappa shape index (κ3) is 3.75. The standard InChI is InChI=1S/C16H19NOS/c1-12-6-3-4-9-15(12)16(17)11-19-14-8-5-7-13(10-14)18-2/h3-10,16H,11,17H2,1-2H3. The fourth-order valence-electron chi connectivity index (χ4n) is 1.97. The van der Waals surface area contributed by atoms with Crippen LogP contribution in [0.2, 0.25) is 0 Å². The number of thioether (sulfide) groups is 1. The van der Waals surface area contributed by atoms with Crippen molar-refractivity contribution in [1.29, 1.82) is 0 Å². The van der Waals surface area contributed by atoms with Gasteiger partial charge in [0.15, 0.2) is 0 Å². The maximum Gasteiger partial charge on any atom is 0.119 e. The average molecular weight is 273 g/mol. The van der Waals surface area contributed by atoms with Crippen molar-refractivity contribution in [3.63, 3.8) is 0 Å². The van der Waals surface area contributed by atoms with Crippen LogP contribution >= 0.6 is 11.8 Å². The summed E-state index contributed by atoms with van der Waals surface area (Å²) in [6.07, 6.45) is 0. The first-order valence-corrected chi connectivity index (χ1v) is 7.27. The Morgan fingerprint density at radius 1 is 1.16 bits per heavy atom. The molecule has 0 heterocycles. The summed E-state index contributed by atoms with van der Waals surface area (Å²) in [5, 5.41) is 0. The van der Waals surface area contributed by atoms with E-state index in [1.165, 1.54) is 16.0 Å². The molecule has 2 nitrogen and oxygen atoms in total. The first-order chi connectivity index (χ1) is 9.20. The number of nitrogens with two attached hydrogens (primary N) is 1. The summed E-state index contributed by atoms with van der Waals surface area (Å²) < 4.78 is 5.22. The summed E-state index contributed by atoms with van der Waals surface area (Å²) >= 11 is 1.76. The van der Waals surface area contributed by atoms with Crippen molar-refractivity contribution in [2.24, 2.45) is 5.73 Å². The lowest BCUT2D eigenvalue weighted by atomic mass is 10.0. The van der Waals surface area contributed by atoms with Gasteiger partial charge in [-0.3, -0.25) is 0 Å². The van der Waals surface area contributed by atoms with Crippen LogP contribution < -0.4 is 10.5 Å². The number of aryl methyl sites for hydroxylation is 1. The molecule has 0 radical (unpaired) electrons. The highest BCUT2D eigenvalue weighted by atomic mass is 32.2. The zero-order valence-electron chi connectivity index (χ0n) is 11.3. The Balaban J connectivity index is 2.00. The molecule has 0 aliphatic heterocycles. The molecule has 0 bridgehead atoms. The molecule has 2 aromatic carbocycles. The largest absolute Gasteiger partial charge is 0.497 e. The molecular weight excluding hydrogens is 254 g/mol. The first kappa shape index (κ1) is 14.0. The van der Waals surface area contributed by atoms with E-state index in [9.17, 15) is 0 Å². The second-order valence-corrected chi connectivity index (χ2v) is 5.55. The number of hydrogen-bond acceptors (Lipinski definition) is 3. The normalized spacial score (nSPS) is 12.2. The molecule has 0 saturated heterocycles. The summed E-state index contributed by atoms with van der Waals surface area (Å²) in [6.45, 7) is 2.10. The van der Waals surface area contributed by atoms with Crippen molar-refractivity contribution in [2.45, 2.75) is 17.9 Å². The molecule has 0 saturated carbocycles. The fraction of sp³-hybridized carbons (Fsp3) is 0.250. The van der Waals surface area contributed by atoms with Crippen LogP contribution in [0.15, 0.2) is 53.4 Å². The van der Waals surface area contributed by atoms with E-state index in [1.807, 2.05) is 30.3 Å². The number of benzene rings is 2. The van der Waals surface area contributed by atoms with Crippen LogP contribution in [0.5, 0.6) is 5.75 Å². The van der Waals surface area contributed by atoms with Gasteiger partial charge in [0, 0.05) is 16.7 Å². The third-order valence-electron chi connectivity index (χ3n) is 3.06. The highest BCUT2D eigenvalue weighted by Crippen LogP contribution is 2.27. The molecule has 2 rings (SSSR count). The lowest BCUT2D eigenvalue weighted by Gasteiger charge is -2.14. The highest BCUT2D eigenvalue weighted by molar-refractivity contribution is 7.99. The van der Waals surface area contributed by atoms with Crippen LogP contribution in [0.3, 0.4) is 0 Å². The Kier molecular flexibility index (Phi) is 4.88. The molecule has 0 aliphatic carbocycles. The van der Waals surface area contributed by atoms with Crippen molar-refractivity contribution >= 4 is 11.8 Å². The number of rotatable bonds is 5. The van der Waals surface area contributed by atoms with Crippen molar-refractivity contribution in [2.75, 3.05) is 12.9 Å². The minimum Gasteiger partial charge on any atom is -0.497 e. The van der Waals surface area contributed by atoms with Crippen LogP contribution in [-0.2, 0) is 0 Å². The minimum atomic E-state index is 0.0531. The van der Waals surface area contributed by atoms with E-state index >= 15 is 0 Å². The summed E-state index contributed by atoms with van der Waals surface area (Å²) in [5.41, 5.74) is 8.73. The highest BCUT2D eigenvalue weighted by Gasteiger charge is 2.09. The van der Waals surface area contributed by atoms with Crippen LogP contribution in [0.25, 0.3) is 0 Å². The van der Waals surface area contributed by atoms with Gasteiger partial charge in [0.25, 0.3) is 0 Å². The van der Waals surface area contributed by atoms with Crippen LogP contribution in [-0.4, -0.2) is 12.9 Å². The molecule has 0 aliphatic rings. The predicted octanol–water partition coefficient (Wildman–Crippen LogP) is 3.80. The Morgan fingerprint density at radius 3 is 2.68 bits per heavy atom. The van der Waals surface area contributed by atoms with E-state index in [1.54, 1.807) is 18.9 Å². The van der Waals surface area contributed by atoms with Gasteiger partial charge in [0.1, 0.15) is 5.75 Å². The Hall–Kier alpha value is -1.45. The van der Waals surface area contributed by atoms with E-state index in [2.05, 4.69) is 25.1 Å². The predicted molar refractivity (Wildman–Crippen MR) is 81.8 cm³/mol. The smallest absolute Gasteiger partial charge is 0.119 e. The summed E-state index contributed by atoms with van der Waals surface area (Å²) in [6, 6.07) is 16.4. The molecular formula is C16H19NOS. The van der Waals surface area contributed by atoms with Gasteiger partial charge in [-0.25, -0.2) is 0 Å². The molecule has 1 unspecified atom stereocenters. The molecule has 0 aromatic heterocycles. The van der Waals surface area contributed by atoms with Crippen molar-refractivity contribution in [1.82, 2.24) is 0 Å². The molecule has 100 valence electrons. The zero-order chi connectivity index (χ0) is 13.7. The van der Waals surface area contributed by atoms with E-state index in [0.717, 1.165) is 11.5 Å².